The Morgan fingerprint density at radius 3 is 2.03 bits per heavy atom. The first-order valence-corrected chi connectivity index (χ1v) is 20.0. The van der Waals surface area contributed by atoms with Gasteiger partial charge in [0.15, 0.2) is 6.61 Å². The summed E-state index contributed by atoms with van der Waals surface area (Å²) in [6, 6.07) is 38.2. The molecule has 0 saturated heterocycles. The number of carbonyl (C=O) groups excluding carboxylic acids is 4. The number of nitrogens with one attached hydrogen (secondary N) is 4. The maximum Gasteiger partial charge on any atom is 0.407 e. The van der Waals surface area contributed by atoms with Crippen molar-refractivity contribution < 1.29 is 38.2 Å². The first-order valence-electron chi connectivity index (χ1n) is 20.0. The Balaban J connectivity index is 1.19. The molecule has 0 aliphatic heterocycles. The largest absolute Gasteiger partial charge is 0.489 e. The number of hydrogen-bond acceptors (Lipinski definition) is 8. The Bertz CT molecular complexity index is 2500. The first-order chi connectivity index (χ1) is 29.5. The zero-order valence-corrected chi connectivity index (χ0v) is 34.5. The van der Waals surface area contributed by atoms with Crippen LogP contribution in [0.25, 0.3) is 32.7 Å². The predicted octanol–water partition coefficient (Wildman–Crippen LogP) is 8.89. The molecule has 0 aliphatic rings. The number of carbonyl (C=O) groups is 4. The van der Waals surface area contributed by atoms with Gasteiger partial charge in [0.2, 0.25) is 5.91 Å². The Kier molecular flexibility index (Phi) is 14.7. The molecule has 1 atom stereocenters. The van der Waals surface area contributed by atoms with Gasteiger partial charge >= 0.3 is 6.09 Å². The second kappa shape index (κ2) is 20.7. The molecule has 12 nitrogen and oxygen atoms in total. The van der Waals surface area contributed by atoms with Crippen molar-refractivity contribution in [3.8, 4) is 22.6 Å². The molecule has 0 bridgehead atoms. The third-order valence-electron chi connectivity index (χ3n) is 9.38. The van der Waals surface area contributed by atoms with Crippen molar-refractivity contribution in [2.75, 3.05) is 25.1 Å². The van der Waals surface area contributed by atoms with Gasteiger partial charge in [-0.15, -0.1) is 0 Å². The van der Waals surface area contributed by atoms with E-state index in [2.05, 4.69) is 28.0 Å². The highest BCUT2D eigenvalue weighted by Crippen LogP contribution is 2.45. The number of alkyl carbamates (subject to hydrolysis) is 1. The summed E-state index contributed by atoms with van der Waals surface area (Å²) < 4.78 is 17.8. The summed E-state index contributed by atoms with van der Waals surface area (Å²) in [5.74, 6) is -0.515. The van der Waals surface area contributed by atoms with Gasteiger partial charge in [-0.1, -0.05) is 110 Å². The van der Waals surface area contributed by atoms with Crippen molar-refractivity contribution in [3.05, 3.63) is 151 Å². The average Bonchev–Trinajstić information content (AvgIpc) is 3.25. The Hall–Kier alpha value is -7.18. The molecule has 314 valence electrons. The summed E-state index contributed by atoms with van der Waals surface area (Å²) in [4.78, 5) is 58.2. The zero-order valence-electron chi connectivity index (χ0n) is 34.5. The van der Waals surface area contributed by atoms with Crippen LogP contribution in [-0.4, -0.2) is 55.2 Å². The van der Waals surface area contributed by atoms with E-state index in [1.807, 2.05) is 103 Å². The number of anilines is 1. The van der Waals surface area contributed by atoms with Gasteiger partial charge < -0.3 is 30.2 Å². The summed E-state index contributed by atoms with van der Waals surface area (Å²) in [5.41, 5.74) is 4.76. The molecule has 0 spiro atoms. The number of rotatable bonds is 18. The Morgan fingerprint density at radius 1 is 0.738 bits per heavy atom. The van der Waals surface area contributed by atoms with Gasteiger partial charge in [0.25, 0.3) is 11.8 Å². The highest BCUT2D eigenvalue weighted by molar-refractivity contribution is 6.10. The monoisotopic (exact) mass is 822 g/mol. The topological polar surface area (TPSA) is 153 Å². The minimum Gasteiger partial charge on any atom is -0.489 e. The second-order valence-electron chi connectivity index (χ2n) is 15.2. The van der Waals surface area contributed by atoms with E-state index in [9.17, 15) is 19.2 Å². The van der Waals surface area contributed by atoms with Crippen LogP contribution in [0.15, 0.2) is 140 Å². The molecule has 6 aromatic carbocycles. The van der Waals surface area contributed by atoms with Crippen LogP contribution in [0.1, 0.15) is 49.5 Å². The molecule has 0 unspecified atom stereocenters. The molecule has 0 radical (unpaired) electrons. The fourth-order valence-corrected chi connectivity index (χ4v) is 6.65. The minimum absolute atomic E-state index is 0.155. The lowest BCUT2D eigenvalue weighted by molar-refractivity contribution is -0.128. The summed E-state index contributed by atoms with van der Waals surface area (Å²) in [5, 5.41) is 12.1. The van der Waals surface area contributed by atoms with Gasteiger partial charge in [0.05, 0.1) is 6.61 Å². The molecule has 12 heteroatoms. The normalized spacial score (nSPS) is 11.6. The molecule has 6 rings (SSSR count). The maximum atomic E-state index is 13.9. The van der Waals surface area contributed by atoms with Crippen molar-refractivity contribution >= 4 is 51.0 Å². The molecule has 0 saturated carbocycles. The lowest BCUT2D eigenvalue weighted by Crippen LogP contribution is -2.46. The van der Waals surface area contributed by atoms with Crippen molar-refractivity contribution in [1.29, 1.82) is 0 Å². The van der Waals surface area contributed by atoms with Crippen LogP contribution in [0, 0.1) is 0 Å². The van der Waals surface area contributed by atoms with Gasteiger partial charge in [-0.05, 0) is 91.1 Å². The van der Waals surface area contributed by atoms with Crippen LogP contribution >= 0.6 is 0 Å². The fourth-order valence-electron chi connectivity index (χ4n) is 6.65. The second-order valence-corrected chi connectivity index (χ2v) is 15.2. The number of hydroxylamine groups is 1. The number of hydrogen-bond donors (Lipinski definition) is 4. The number of ether oxygens (including phenoxy) is 3. The van der Waals surface area contributed by atoms with Crippen molar-refractivity contribution in [2.45, 2.75) is 51.9 Å². The first kappa shape index (κ1) is 43.4. The molecular weight excluding hydrogens is 773 g/mol. The molecule has 6 aromatic rings. The van der Waals surface area contributed by atoms with E-state index in [0.717, 1.165) is 38.2 Å². The van der Waals surface area contributed by atoms with Crippen molar-refractivity contribution in [2.24, 2.45) is 0 Å². The van der Waals surface area contributed by atoms with E-state index in [0.29, 0.717) is 23.6 Å². The SMILES string of the molecule is C=CCOc1ccc2ccccc2c1-c1c(OCC(=O)N[C@H](CCCNC(=O)OC(C)(C)C)C(=O)Nc2cccc(C(=O)NOCc3ccccc3)c2)ccc2ccccc12. The molecule has 4 N–H and O–H groups in total. The van der Waals surface area contributed by atoms with E-state index in [4.69, 9.17) is 19.0 Å². The summed E-state index contributed by atoms with van der Waals surface area (Å²) in [7, 11) is 0. The highest BCUT2D eigenvalue weighted by Gasteiger charge is 2.24. The van der Waals surface area contributed by atoms with E-state index in [1.165, 1.54) is 6.07 Å². The number of benzene rings is 6. The predicted molar refractivity (Wildman–Crippen MR) is 237 cm³/mol. The highest BCUT2D eigenvalue weighted by atomic mass is 16.6. The van der Waals surface area contributed by atoms with Gasteiger partial charge in [-0.3, -0.25) is 19.2 Å². The quantitative estimate of drug-likeness (QED) is 0.0381. The third-order valence-corrected chi connectivity index (χ3v) is 9.38. The van der Waals surface area contributed by atoms with Crippen LogP contribution in [-0.2, 0) is 25.8 Å². The van der Waals surface area contributed by atoms with E-state index < -0.39 is 42.1 Å². The van der Waals surface area contributed by atoms with Crippen LogP contribution < -0.4 is 30.9 Å². The number of amides is 4. The zero-order chi connectivity index (χ0) is 43.2. The van der Waals surface area contributed by atoms with E-state index in [-0.39, 0.29) is 31.7 Å². The van der Waals surface area contributed by atoms with Gasteiger partial charge in [-0.25, -0.2) is 10.3 Å². The number of fused-ring (bicyclic) bond motifs is 2. The average molecular weight is 823 g/mol. The molecule has 0 aromatic heterocycles. The maximum absolute atomic E-state index is 13.9. The molecule has 0 aliphatic carbocycles. The standard InChI is InChI=1S/C49H50N4O8/c1-5-29-58-41-26-24-34-17-9-11-21-38(34)44(41)45-39-22-12-10-18-35(39)25-27-42(45)59-32-43(54)52-40(23-14-28-50-48(57)61-49(2,3)4)47(56)51-37-20-13-19-36(30-37)46(55)53-60-31-33-15-7-6-8-16-33/h5-13,15-22,24-27,30,40H,1,14,23,28-29,31-32H2,2-4H3,(H,50,57)(H,51,56)(H,52,54)(H,53,55)/t40-/m1/s1. The van der Waals surface area contributed by atoms with E-state index >= 15 is 0 Å². The summed E-state index contributed by atoms with van der Waals surface area (Å²) in [6.07, 6.45) is 1.57. The fraction of sp³-hybridized carbons (Fsp3) is 0.224. The summed E-state index contributed by atoms with van der Waals surface area (Å²) in [6.45, 7) is 9.34. The lowest BCUT2D eigenvalue weighted by Gasteiger charge is -2.21. The van der Waals surface area contributed by atoms with E-state index in [1.54, 1.807) is 45.0 Å². The van der Waals surface area contributed by atoms with Crippen LogP contribution in [0.4, 0.5) is 10.5 Å². The molecule has 0 fully saturated rings. The van der Waals surface area contributed by atoms with Crippen molar-refractivity contribution in [3.63, 3.8) is 0 Å². The van der Waals surface area contributed by atoms with Crippen LogP contribution in [0.5, 0.6) is 11.5 Å². The minimum atomic E-state index is -1.05. The molecule has 0 heterocycles. The molecule has 4 amide bonds. The van der Waals surface area contributed by atoms with Crippen LogP contribution in [0.2, 0.25) is 0 Å². The van der Waals surface area contributed by atoms with Crippen molar-refractivity contribution in [1.82, 2.24) is 16.1 Å². The van der Waals surface area contributed by atoms with Gasteiger partial charge in [-0.2, -0.15) is 0 Å². The van der Waals surface area contributed by atoms with Gasteiger partial charge in [0.1, 0.15) is 29.7 Å². The lowest BCUT2D eigenvalue weighted by atomic mass is 9.92. The van der Waals surface area contributed by atoms with Crippen LogP contribution in [0.3, 0.4) is 0 Å². The molecule has 61 heavy (non-hydrogen) atoms. The Labute approximate surface area is 355 Å². The summed E-state index contributed by atoms with van der Waals surface area (Å²) >= 11 is 0. The van der Waals surface area contributed by atoms with Gasteiger partial charge in [0, 0.05) is 28.9 Å². The molecular formula is C49H50N4O8. The Morgan fingerprint density at radius 2 is 1.38 bits per heavy atom. The third kappa shape index (κ3) is 12.2. The smallest absolute Gasteiger partial charge is 0.407 e.